The molecule has 0 aliphatic rings. The Hall–Kier alpha value is -1.76. The molecule has 1 atom stereocenters. The maximum Gasteiger partial charge on any atom is 0.332 e. The molecule has 7 heteroatoms. The highest BCUT2D eigenvalue weighted by Crippen LogP contribution is 2.11. The molecule has 0 aliphatic carbocycles. The molecule has 0 aliphatic heterocycles. The van der Waals surface area contributed by atoms with Gasteiger partial charge in [-0.3, -0.25) is 13.9 Å². The number of hydrogen-bond acceptors (Lipinski definition) is 5. The van der Waals surface area contributed by atoms with E-state index < -0.39 is 17.4 Å². The van der Waals surface area contributed by atoms with Crippen molar-refractivity contribution >= 4 is 11.5 Å². The first-order valence-electron chi connectivity index (χ1n) is 6.45. The summed E-state index contributed by atoms with van der Waals surface area (Å²) in [5, 5.41) is 12.3. The van der Waals surface area contributed by atoms with E-state index in [9.17, 15) is 14.7 Å². The van der Waals surface area contributed by atoms with Crippen molar-refractivity contribution in [2.45, 2.75) is 39.3 Å². The first-order valence-corrected chi connectivity index (χ1v) is 6.45. The lowest BCUT2D eigenvalue weighted by Crippen LogP contribution is -2.41. The Balaban J connectivity index is 3.24. The zero-order valence-electron chi connectivity index (χ0n) is 11.6. The highest BCUT2D eigenvalue weighted by Gasteiger charge is 2.15. The number of nitrogens with zero attached hydrogens (tertiary/aromatic N) is 2. The van der Waals surface area contributed by atoms with Crippen molar-refractivity contribution in [1.29, 1.82) is 0 Å². The Morgan fingerprint density at radius 2 is 2.00 bits per heavy atom. The molecule has 1 aromatic rings. The van der Waals surface area contributed by atoms with Gasteiger partial charge in [0.15, 0.2) is 0 Å². The first-order chi connectivity index (χ1) is 8.93. The van der Waals surface area contributed by atoms with Gasteiger partial charge in [-0.25, -0.2) is 4.79 Å². The average molecular weight is 270 g/mol. The third kappa shape index (κ3) is 3.17. The van der Waals surface area contributed by atoms with E-state index >= 15 is 0 Å². The highest BCUT2D eigenvalue weighted by atomic mass is 16.3. The zero-order valence-corrected chi connectivity index (χ0v) is 11.6. The van der Waals surface area contributed by atoms with Crippen LogP contribution in [0.15, 0.2) is 9.59 Å². The van der Waals surface area contributed by atoms with Crippen molar-refractivity contribution in [3.05, 3.63) is 20.8 Å². The van der Waals surface area contributed by atoms with E-state index in [0.717, 1.165) is 11.0 Å². The molecule has 108 valence electrons. The van der Waals surface area contributed by atoms with Crippen molar-refractivity contribution in [2.24, 2.45) is 7.05 Å². The van der Waals surface area contributed by atoms with Crippen LogP contribution in [0.25, 0.3) is 0 Å². The van der Waals surface area contributed by atoms with E-state index in [0.29, 0.717) is 13.0 Å². The van der Waals surface area contributed by atoms with Crippen LogP contribution in [0.3, 0.4) is 0 Å². The maximum absolute atomic E-state index is 12.0. The standard InChI is InChI=1S/C12H22N4O3/c1-4-6-16-10(13)9(14-7-8(17)5-2)11(18)15(3)12(16)19/h8,14,17H,4-7,13H2,1-3H3. The van der Waals surface area contributed by atoms with Gasteiger partial charge in [-0.15, -0.1) is 0 Å². The Kier molecular flexibility index (Phi) is 5.17. The minimum Gasteiger partial charge on any atom is -0.391 e. The SMILES string of the molecule is CCCn1c(N)c(NCC(O)CC)c(=O)n(C)c1=O. The third-order valence-corrected chi connectivity index (χ3v) is 3.02. The van der Waals surface area contributed by atoms with Gasteiger partial charge in [0.25, 0.3) is 5.56 Å². The van der Waals surface area contributed by atoms with Crippen LogP contribution < -0.4 is 22.3 Å². The Morgan fingerprint density at radius 1 is 1.37 bits per heavy atom. The molecule has 0 saturated carbocycles. The van der Waals surface area contributed by atoms with Crippen molar-refractivity contribution in [3.63, 3.8) is 0 Å². The predicted molar refractivity (Wildman–Crippen MR) is 75.4 cm³/mol. The Labute approximate surface area is 111 Å². The van der Waals surface area contributed by atoms with Crippen LogP contribution in [-0.4, -0.2) is 26.9 Å². The lowest BCUT2D eigenvalue weighted by Gasteiger charge is -2.16. The molecule has 1 rings (SSSR count). The summed E-state index contributed by atoms with van der Waals surface area (Å²) in [6.07, 6.45) is 0.747. The van der Waals surface area contributed by atoms with Gasteiger partial charge < -0.3 is 16.2 Å². The lowest BCUT2D eigenvalue weighted by molar-refractivity contribution is 0.183. The van der Waals surface area contributed by atoms with Gasteiger partial charge in [-0.1, -0.05) is 13.8 Å². The molecule has 0 aromatic carbocycles. The fourth-order valence-electron chi connectivity index (χ4n) is 1.75. The van der Waals surface area contributed by atoms with Crippen molar-refractivity contribution in [1.82, 2.24) is 9.13 Å². The second kappa shape index (κ2) is 6.42. The number of nitrogens with two attached hydrogens (primary N) is 1. The Morgan fingerprint density at radius 3 is 2.53 bits per heavy atom. The van der Waals surface area contributed by atoms with Gasteiger partial charge in [0.1, 0.15) is 11.5 Å². The van der Waals surface area contributed by atoms with E-state index in [1.54, 1.807) is 0 Å². The second-order valence-corrected chi connectivity index (χ2v) is 4.50. The fraction of sp³-hybridized carbons (Fsp3) is 0.667. The quantitative estimate of drug-likeness (QED) is 0.660. The normalized spacial score (nSPS) is 12.4. The molecule has 4 N–H and O–H groups in total. The lowest BCUT2D eigenvalue weighted by atomic mass is 10.3. The molecule has 0 radical (unpaired) electrons. The molecule has 0 fully saturated rings. The molecular weight excluding hydrogens is 248 g/mol. The molecule has 1 aromatic heterocycles. The second-order valence-electron chi connectivity index (χ2n) is 4.50. The molecular formula is C12H22N4O3. The van der Waals surface area contributed by atoms with E-state index in [1.165, 1.54) is 11.6 Å². The van der Waals surface area contributed by atoms with Gasteiger partial charge in [0, 0.05) is 20.1 Å². The molecule has 0 spiro atoms. The number of aliphatic hydroxyl groups excluding tert-OH is 1. The van der Waals surface area contributed by atoms with E-state index in [2.05, 4.69) is 5.32 Å². The minimum absolute atomic E-state index is 0.123. The summed E-state index contributed by atoms with van der Waals surface area (Å²) in [5.74, 6) is 0.123. The molecule has 0 amide bonds. The largest absolute Gasteiger partial charge is 0.391 e. The van der Waals surface area contributed by atoms with Gasteiger partial charge in [-0.05, 0) is 12.8 Å². The number of rotatable bonds is 6. The van der Waals surface area contributed by atoms with Crippen molar-refractivity contribution in [2.75, 3.05) is 17.6 Å². The van der Waals surface area contributed by atoms with Crippen LogP contribution in [0.1, 0.15) is 26.7 Å². The van der Waals surface area contributed by atoms with Crippen LogP contribution in [0.5, 0.6) is 0 Å². The number of aliphatic hydroxyl groups is 1. The molecule has 1 heterocycles. The Bertz CT molecular complexity index is 547. The van der Waals surface area contributed by atoms with Gasteiger partial charge in [0.2, 0.25) is 0 Å². The molecule has 1 unspecified atom stereocenters. The summed E-state index contributed by atoms with van der Waals surface area (Å²) < 4.78 is 2.38. The minimum atomic E-state index is -0.560. The highest BCUT2D eigenvalue weighted by molar-refractivity contribution is 5.60. The van der Waals surface area contributed by atoms with Gasteiger partial charge in [-0.2, -0.15) is 0 Å². The molecule has 19 heavy (non-hydrogen) atoms. The molecule has 0 saturated heterocycles. The van der Waals surface area contributed by atoms with Gasteiger partial charge in [0.05, 0.1) is 6.10 Å². The smallest absolute Gasteiger partial charge is 0.332 e. The predicted octanol–water partition coefficient (Wildman–Crippen LogP) is -0.278. The fourth-order valence-corrected chi connectivity index (χ4v) is 1.75. The number of nitrogen functional groups attached to an aromatic ring is 1. The van der Waals surface area contributed by atoms with Crippen LogP contribution in [-0.2, 0) is 13.6 Å². The van der Waals surface area contributed by atoms with Crippen LogP contribution >= 0.6 is 0 Å². The number of hydrogen-bond donors (Lipinski definition) is 3. The van der Waals surface area contributed by atoms with Crippen LogP contribution in [0.4, 0.5) is 11.5 Å². The summed E-state index contributed by atoms with van der Waals surface area (Å²) in [6, 6.07) is 0. The number of aromatic nitrogens is 2. The van der Waals surface area contributed by atoms with Crippen molar-refractivity contribution in [3.8, 4) is 0 Å². The maximum atomic E-state index is 12.0. The number of anilines is 2. The third-order valence-electron chi connectivity index (χ3n) is 3.02. The van der Waals surface area contributed by atoms with E-state index in [1.807, 2.05) is 13.8 Å². The van der Waals surface area contributed by atoms with Crippen LogP contribution in [0, 0.1) is 0 Å². The van der Waals surface area contributed by atoms with E-state index in [4.69, 9.17) is 5.73 Å². The number of nitrogens with one attached hydrogen (secondary N) is 1. The van der Waals surface area contributed by atoms with E-state index in [-0.39, 0.29) is 18.1 Å². The van der Waals surface area contributed by atoms with Crippen molar-refractivity contribution < 1.29 is 5.11 Å². The first kappa shape index (κ1) is 15.3. The summed E-state index contributed by atoms with van der Waals surface area (Å²) in [4.78, 5) is 23.9. The van der Waals surface area contributed by atoms with Crippen LogP contribution in [0.2, 0.25) is 0 Å². The van der Waals surface area contributed by atoms with Gasteiger partial charge >= 0.3 is 5.69 Å². The molecule has 7 nitrogen and oxygen atoms in total. The summed E-state index contributed by atoms with van der Waals surface area (Å²) in [6.45, 7) is 4.43. The summed E-state index contributed by atoms with van der Waals surface area (Å²) >= 11 is 0. The molecule has 0 bridgehead atoms. The summed E-state index contributed by atoms with van der Waals surface area (Å²) in [7, 11) is 1.41. The monoisotopic (exact) mass is 270 g/mol. The average Bonchev–Trinajstić information content (AvgIpc) is 2.41. The topological polar surface area (TPSA) is 102 Å². The zero-order chi connectivity index (χ0) is 14.6. The summed E-state index contributed by atoms with van der Waals surface area (Å²) in [5.41, 5.74) is 5.14.